The van der Waals surface area contributed by atoms with Crippen LogP contribution in [0.25, 0.3) is 0 Å². The smallest absolute Gasteiger partial charge is 0.0690 e. The predicted molar refractivity (Wildman–Crippen MR) is 74.9 cm³/mol. The summed E-state index contributed by atoms with van der Waals surface area (Å²) in [6, 6.07) is 0. The van der Waals surface area contributed by atoms with Crippen LogP contribution in [-0.4, -0.2) is 9.78 Å². The lowest BCUT2D eigenvalue weighted by Crippen LogP contribution is -2.11. The van der Waals surface area contributed by atoms with Gasteiger partial charge in [-0.1, -0.05) is 38.5 Å². The Morgan fingerprint density at radius 2 is 1.44 bits per heavy atom. The lowest BCUT2D eigenvalue weighted by molar-refractivity contribution is 0.414. The highest BCUT2D eigenvalue weighted by atomic mass is 15.3. The molecule has 100 valence electrons. The molecule has 18 heavy (non-hydrogen) atoms. The van der Waals surface area contributed by atoms with Gasteiger partial charge in [-0.2, -0.15) is 5.10 Å². The van der Waals surface area contributed by atoms with Crippen LogP contribution in [0.2, 0.25) is 0 Å². The maximum atomic E-state index is 4.83. The SMILES string of the molecule is Cn1cc(C2CCCCC2)c(C2CCCCC2)n1. The van der Waals surface area contributed by atoms with E-state index in [9.17, 15) is 0 Å². The van der Waals surface area contributed by atoms with Crippen molar-refractivity contribution in [3.63, 3.8) is 0 Å². The third-order valence-corrected chi connectivity index (χ3v) is 4.92. The minimum atomic E-state index is 0.761. The largest absolute Gasteiger partial charge is 0.275 e. The molecule has 0 aliphatic heterocycles. The van der Waals surface area contributed by atoms with Gasteiger partial charge in [0.1, 0.15) is 0 Å². The molecule has 2 aliphatic rings. The molecule has 0 unspecified atom stereocenters. The molecule has 1 aromatic rings. The molecule has 0 saturated heterocycles. The van der Waals surface area contributed by atoms with Gasteiger partial charge in [0.15, 0.2) is 0 Å². The molecule has 2 aliphatic carbocycles. The molecule has 0 aromatic carbocycles. The topological polar surface area (TPSA) is 17.8 Å². The Kier molecular flexibility index (Phi) is 3.72. The molecule has 0 bridgehead atoms. The summed E-state index contributed by atoms with van der Waals surface area (Å²) in [4.78, 5) is 0. The number of rotatable bonds is 2. The van der Waals surface area contributed by atoms with E-state index in [0.717, 1.165) is 11.8 Å². The van der Waals surface area contributed by atoms with Crippen LogP contribution in [0.3, 0.4) is 0 Å². The van der Waals surface area contributed by atoms with Crippen LogP contribution in [0.4, 0.5) is 0 Å². The summed E-state index contributed by atoms with van der Waals surface area (Å²) in [6.07, 6.45) is 16.4. The summed E-state index contributed by atoms with van der Waals surface area (Å²) in [6.45, 7) is 0. The zero-order valence-corrected chi connectivity index (χ0v) is 11.7. The highest BCUT2D eigenvalue weighted by Crippen LogP contribution is 2.40. The van der Waals surface area contributed by atoms with Gasteiger partial charge in [-0.3, -0.25) is 4.68 Å². The fourth-order valence-electron chi connectivity index (χ4n) is 3.95. The van der Waals surface area contributed by atoms with E-state index < -0.39 is 0 Å². The minimum Gasteiger partial charge on any atom is -0.275 e. The molecule has 0 spiro atoms. The lowest BCUT2D eigenvalue weighted by atomic mass is 9.79. The predicted octanol–water partition coefficient (Wildman–Crippen LogP) is 4.52. The van der Waals surface area contributed by atoms with E-state index >= 15 is 0 Å². The molecule has 2 saturated carbocycles. The standard InChI is InChI=1S/C16H26N2/c1-18-12-15(13-8-4-2-5-9-13)16(17-18)14-10-6-3-7-11-14/h12-14H,2-11H2,1H3. The highest BCUT2D eigenvalue weighted by molar-refractivity contribution is 5.26. The summed E-state index contributed by atoms with van der Waals surface area (Å²) >= 11 is 0. The molecule has 2 fully saturated rings. The van der Waals surface area contributed by atoms with E-state index in [4.69, 9.17) is 5.10 Å². The van der Waals surface area contributed by atoms with E-state index in [0.29, 0.717) is 0 Å². The number of aryl methyl sites for hydroxylation is 1. The average molecular weight is 246 g/mol. The van der Waals surface area contributed by atoms with Gasteiger partial charge in [-0.25, -0.2) is 0 Å². The molecule has 0 N–H and O–H groups in total. The number of nitrogens with zero attached hydrogens (tertiary/aromatic N) is 2. The Balaban J connectivity index is 1.83. The molecular formula is C16H26N2. The van der Waals surface area contributed by atoms with Gasteiger partial charge in [-0.15, -0.1) is 0 Å². The van der Waals surface area contributed by atoms with Crippen molar-refractivity contribution in [2.75, 3.05) is 0 Å². The van der Waals surface area contributed by atoms with Crippen LogP contribution < -0.4 is 0 Å². The van der Waals surface area contributed by atoms with Gasteiger partial charge in [0.25, 0.3) is 0 Å². The molecular weight excluding hydrogens is 220 g/mol. The first-order valence-corrected chi connectivity index (χ1v) is 7.88. The monoisotopic (exact) mass is 246 g/mol. The molecule has 3 rings (SSSR count). The first kappa shape index (κ1) is 12.3. The molecule has 0 radical (unpaired) electrons. The third-order valence-electron chi connectivity index (χ3n) is 4.92. The molecule has 1 aromatic heterocycles. The van der Waals surface area contributed by atoms with Crippen molar-refractivity contribution in [3.05, 3.63) is 17.5 Å². The third kappa shape index (κ3) is 2.48. The summed E-state index contributed by atoms with van der Waals surface area (Å²) in [5.74, 6) is 1.57. The van der Waals surface area contributed by atoms with Crippen LogP contribution in [0.5, 0.6) is 0 Å². The van der Waals surface area contributed by atoms with Crippen LogP contribution in [0.15, 0.2) is 6.20 Å². The van der Waals surface area contributed by atoms with Gasteiger partial charge in [0.05, 0.1) is 5.69 Å². The highest BCUT2D eigenvalue weighted by Gasteiger charge is 2.26. The Bertz CT molecular complexity index is 346. The van der Waals surface area contributed by atoms with Gasteiger partial charge in [0.2, 0.25) is 0 Å². The number of aromatic nitrogens is 2. The van der Waals surface area contributed by atoms with Crippen molar-refractivity contribution in [2.24, 2.45) is 7.05 Å². The zero-order chi connectivity index (χ0) is 12.4. The van der Waals surface area contributed by atoms with Crippen molar-refractivity contribution >= 4 is 0 Å². The van der Waals surface area contributed by atoms with Gasteiger partial charge < -0.3 is 0 Å². The number of hydrogen-bond donors (Lipinski definition) is 0. The molecule has 2 nitrogen and oxygen atoms in total. The molecule has 1 heterocycles. The first-order valence-electron chi connectivity index (χ1n) is 7.88. The molecule has 0 amide bonds. The second-order valence-electron chi connectivity index (χ2n) is 6.31. The normalized spacial score (nSPS) is 23.4. The second-order valence-corrected chi connectivity index (χ2v) is 6.31. The quantitative estimate of drug-likeness (QED) is 0.750. The van der Waals surface area contributed by atoms with Crippen LogP contribution in [-0.2, 0) is 7.05 Å². The Morgan fingerprint density at radius 1 is 0.889 bits per heavy atom. The van der Waals surface area contributed by atoms with E-state index in [1.54, 1.807) is 5.56 Å². The van der Waals surface area contributed by atoms with E-state index in [1.807, 2.05) is 0 Å². The van der Waals surface area contributed by atoms with E-state index in [2.05, 4.69) is 17.9 Å². The van der Waals surface area contributed by atoms with E-state index in [-0.39, 0.29) is 0 Å². The maximum Gasteiger partial charge on any atom is 0.0690 e. The first-order chi connectivity index (χ1) is 8.84. The summed E-state index contributed by atoms with van der Waals surface area (Å²) in [7, 11) is 2.10. The zero-order valence-electron chi connectivity index (χ0n) is 11.7. The van der Waals surface area contributed by atoms with Crippen LogP contribution in [0, 0.1) is 0 Å². The van der Waals surface area contributed by atoms with Crippen molar-refractivity contribution < 1.29 is 0 Å². The van der Waals surface area contributed by atoms with Crippen LogP contribution in [0.1, 0.15) is 87.3 Å². The van der Waals surface area contributed by atoms with Gasteiger partial charge in [-0.05, 0) is 37.2 Å². The Hall–Kier alpha value is -0.790. The van der Waals surface area contributed by atoms with Crippen molar-refractivity contribution in [2.45, 2.75) is 76.0 Å². The van der Waals surface area contributed by atoms with Crippen molar-refractivity contribution in [1.82, 2.24) is 9.78 Å². The number of hydrogen-bond acceptors (Lipinski definition) is 1. The van der Waals surface area contributed by atoms with Crippen molar-refractivity contribution in [1.29, 1.82) is 0 Å². The summed E-state index contributed by atoms with van der Waals surface area (Å²) < 4.78 is 2.06. The second kappa shape index (κ2) is 5.46. The summed E-state index contributed by atoms with van der Waals surface area (Å²) in [5.41, 5.74) is 3.06. The van der Waals surface area contributed by atoms with Crippen molar-refractivity contribution in [3.8, 4) is 0 Å². The fraction of sp³-hybridized carbons (Fsp3) is 0.812. The van der Waals surface area contributed by atoms with Gasteiger partial charge in [0, 0.05) is 19.2 Å². The Morgan fingerprint density at radius 3 is 2.06 bits per heavy atom. The average Bonchev–Trinajstić information content (AvgIpc) is 2.83. The Labute approximate surface area is 111 Å². The van der Waals surface area contributed by atoms with Crippen LogP contribution >= 0.6 is 0 Å². The fourth-order valence-corrected chi connectivity index (χ4v) is 3.95. The van der Waals surface area contributed by atoms with Gasteiger partial charge >= 0.3 is 0 Å². The minimum absolute atomic E-state index is 0.761. The summed E-state index contributed by atoms with van der Waals surface area (Å²) in [5, 5.41) is 4.83. The maximum absolute atomic E-state index is 4.83. The molecule has 2 heteroatoms. The lowest BCUT2D eigenvalue weighted by Gasteiger charge is -2.25. The van der Waals surface area contributed by atoms with E-state index in [1.165, 1.54) is 69.9 Å². The molecule has 0 atom stereocenters.